The van der Waals surface area contributed by atoms with E-state index >= 15 is 0 Å². The van der Waals surface area contributed by atoms with Crippen molar-refractivity contribution in [2.45, 2.75) is 51.2 Å². The summed E-state index contributed by atoms with van der Waals surface area (Å²) in [6.45, 7) is 8.23. The minimum Gasteiger partial charge on any atom is -0.376 e. The fourth-order valence-electron chi connectivity index (χ4n) is 3.68. The first-order chi connectivity index (χ1) is 8.88. The monoisotopic (exact) mass is 252 g/mol. The van der Waals surface area contributed by atoms with Crippen LogP contribution < -0.4 is 5.32 Å². The zero-order valence-electron chi connectivity index (χ0n) is 11.7. The van der Waals surface area contributed by atoms with E-state index in [9.17, 15) is 0 Å². The normalized spacial score (nSPS) is 37.5. The highest BCUT2D eigenvalue weighted by atomic mass is 16.5. The molecule has 0 bridgehead atoms. The van der Waals surface area contributed by atoms with Gasteiger partial charge in [0.1, 0.15) is 0 Å². The number of hydrogen-bond acceptors (Lipinski definition) is 3. The Balaban J connectivity index is 1.46. The maximum atomic E-state index is 5.98. The number of nitrogens with one attached hydrogen (secondary N) is 1. The van der Waals surface area contributed by atoms with Crippen molar-refractivity contribution in [3.8, 4) is 0 Å². The van der Waals surface area contributed by atoms with Gasteiger partial charge in [-0.15, -0.1) is 0 Å². The minimum atomic E-state index is 0.576. The average Bonchev–Trinajstić information content (AvgIpc) is 2.92. The van der Waals surface area contributed by atoms with Gasteiger partial charge in [-0.25, -0.2) is 0 Å². The minimum absolute atomic E-state index is 0.576. The number of ether oxygens (including phenoxy) is 1. The molecule has 0 aromatic heterocycles. The SMILES string of the molecule is CCCNCC1CCN(C2CCOC2C2CC2)C1. The molecule has 2 heterocycles. The van der Waals surface area contributed by atoms with Crippen molar-refractivity contribution in [3.05, 3.63) is 0 Å². The van der Waals surface area contributed by atoms with E-state index in [1.165, 1.54) is 58.3 Å². The van der Waals surface area contributed by atoms with Crippen LogP contribution in [0.15, 0.2) is 0 Å². The van der Waals surface area contributed by atoms with Crippen LogP contribution >= 0.6 is 0 Å². The molecule has 1 aliphatic carbocycles. The van der Waals surface area contributed by atoms with Crippen molar-refractivity contribution in [3.63, 3.8) is 0 Å². The van der Waals surface area contributed by atoms with E-state index in [0.29, 0.717) is 6.10 Å². The summed E-state index contributed by atoms with van der Waals surface area (Å²) in [6.07, 6.45) is 7.30. The quantitative estimate of drug-likeness (QED) is 0.731. The largest absolute Gasteiger partial charge is 0.376 e. The number of rotatable bonds is 6. The van der Waals surface area contributed by atoms with Crippen LogP contribution in [0.5, 0.6) is 0 Å². The summed E-state index contributed by atoms with van der Waals surface area (Å²) in [5.74, 6) is 1.77. The van der Waals surface area contributed by atoms with Crippen molar-refractivity contribution in [2.24, 2.45) is 11.8 Å². The topological polar surface area (TPSA) is 24.5 Å². The van der Waals surface area contributed by atoms with E-state index < -0.39 is 0 Å². The van der Waals surface area contributed by atoms with Crippen LogP contribution in [0.25, 0.3) is 0 Å². The smallest absolute Gasteiger partial charge is 0.0759 e. The van der Waals surface area contributed by atoms with E-state index in [4.69, 9.17) is 4.74 Å². The zero-order valence-corrected chi connectivity index (χ0v) is 11.7. The van der Waals surface area contributed by atoms with E-state index in [0.717, 1.165) is 24.5 Å². The van der Waals surface area contributed by atoms with Crippen molar-refractivity contribution >= 4 is 0 Å². The lowest BCUT2D eigenvalue weighted by Crippen LogP contribution is -2.41. The molecule has 2 aliphatic heterocycles. The molecule has 2 saturated heterocycles. The molecule has 0 spiro atoms. The Morgan fingerprint density at radius 3 is 2.89 bits per heavy atom. The summed E-state index contributed by atoms with van der Waals surface area (Å²) in [6, 6.07) is 0.744. The molecule has 0 aromatic rings. The van der Waals surface area contributed by atoms with Gasteiger partial charge in [0, 0.05) is 19.2 Å². The van der Waals surface area contributed by atoms with Crippen LogP contribution in [0, 0.1) is 11.8 Å². The second-order valence-corrected chi connectivity index (χ2v) is 6.38. The van der Waals surface area contributed by atoms with Gasteiger partial charge in [-0.05, 0) is 63.6 Å². The molecule has 3 rings (SSSR count). The molecular weight excluding hydrogens is 224 g/mol. The third-order valence-corrected chi connectivity index (χ3v) is 4.84. The highest BCUT2D eigenvalue weighted by molar-refractivity contribution is 4.96. The van der Waals surface area contributed by atoms with Crippen molar-refractivity contribution in [1.82, 2.24) is 10.2 Å². The summed E-state index contributed by atoms with van der Waals surface area (Å²) < 4.78 is 5.98. The maximum absolute atomic E-state index is 5.98. The maximum Gasteiger partial charge on any atom is 0.0759 e. The molecule has 1 N–H and O–H groups in total. The van der Waals surface area contributed by atoms with Gasteiger partial charge in [-0.2, -0.15) is 0 Å². The lowest BCUT2D eigenvalue weighted by Gasteiger charge is -2.28. The summed E-state index contributed by atoms with van der Waals surface area (Å²) in [4.78, 5) is 2.73. The van der Waals surface area contributed by atoms with Crippen LogP contribution in [-0.4, -0.2) is 49.8 Å². The Hall–Kier alpha value is -0.120. The first kappa shape index (κ1) is 12.9. The second kappa shape index (κ2) is 5.89. The molecule has 0 radical (unpaired) electrons. The van der Waals surface area contributed by atoms with Crippen LogP contribution in [0.3, 0.4) is 0 Å². The molecular formula is C15H28N2O. The van der Waals surface area contributed by atoms with E-state index in [-0.39, 0.29) is 0 Å². The Morgan fingerprint density at radius 1 is 1.22 bits per heavy atom. The van der Waals surface area contributed by atoms with Gasteiger partial charge >= 0.3 is 0 Å². The average molecular weight is 252 g/mol. The first-order valence-electron chi connectivity index (χ1n) is 7.95. The number of likely N-dealkylation sites (tertiary alicyclic amines) is 1. The van der Waals surface area contributed by atoms with Gasteiger partial charge in [-0.1, -0.05) is 6.92 Å². The molecule has 104 valence electrons. The van der Waals surface area contributed by atoms with Gasteiger partial charge in [-0.3, -0.25) is 4.90 Å². The lowest BCUT2D eigenvalue weighted by molar-refractivity contribution is 0.0520. The van der Waals surface area contributed by atoms with Gasteiger partial charge in [0.15, 0.2) is 0 Å². The molecule has 3 aliphatic rings. The molecule has 18 heavy (non-hydrogen) atoms. The number of hydrogen-bond donors (Lipinski definition) is 1. The Bertz CT molecular complexity index is 267. The standard InChI is InChI=1S/C15H28N2O/c1-2-7-16-10-12-5-8-17(11-12)14-6-9-18-15(14)13-3-4-13/h12-16H,2-11H2,1H3. The fourth-order valence-corrected chi connectivity index (χ4v) is 3.68. The van der Waals surface area contributed by atoms with Crippen LogP contribution in [0.2, 0.25) is 0 Å². The third-order valence-electron chi connectivity index (χ3n) is 4.84. The highest BCUT2D eigenvalue weighted by Crippen LogP contribution is 2.41. The Kier molecular flexibility index (Phi) is 4.22. The Morgan fingerprint density at radius 2 is 2.11 bits per heavy atom. The van der Waals surface area contributed by atoms with E-state index in [1.54, 1.807) is 0 Å². The predicted octanol–water partition coefficient (Wildman–Crippen LogP) is 1.88. The van der Waals surface area contributed by atoms with Crippen molar-refractivity contribution < 1.29 is 4.74 Å². The molecule has 3 fully saturated rings. The predicted molar refractivity (Wildman–Crippen MR) is 73.7 cm³/mol. The van der Waals surface area contributed by atoms with Gasteiger partial charge < -0.3 is 10.1 Å². The van der Waals surface area contributed by atoms with E-state index in [1.807, 2.05) is 0 Å². The summed E-state index contributed by atoms with van der Waals surface area (Å²) >= 11 is 0. The molecule has 3 heteroatoms. The van der Waals surface area contributed by atoms with Crippen LogP contribution in [0.4, 0.5) is 0 Å². The highest BCUT2D eigenvalue weighted by Gasteiger charge is 2.44. The van der Waals surface area contributed by atoms with Gasteiger partial charge in [0.2, 0.25) is 0 Å². The summed E-state index contributed by atoms with van der Waals surface area (Å²) in [5, 5.41) is 3.58. The zero-order chi connectivity index (χ0) is 12.4. The molecule has 0 amide bonds. The third kappa shape index (κ3) is 2.89. The molecule has 3 unspecified atom stereocenters. The van der Waals surface area contributed by atoms with Crippen molar-refractivity contribution in [2.75, 3.05) is 32.8 Å². The van der Waals surface area contributed by atoms with E-state index in [2.05, 4.69) is 17.1 Å². The molecule has 3 atom stereocenters. The fraction of sp³-hybridized carbons (Fsp3) is 1.00. The second-order valence-electron chi connectivity index (χ2n) is 6.38. The van der Waals surface area contributed by atoms with Gasteiger partial charge in [0.05, 0.1) is 6.10 Å². The molecule has 1 saturated carbocycles. The number of nitrogens with zero attached hydrogens (tertiary/aromatic N) is 1. The summed E-state index contributed by atoms with van der Waals surface area (Å²) in [7, 11) is 0. The Labute approximate surface area is 111 Å². The first-order valence-corrected chi connectivity index (χ1v) is 7.95. The van der Waals surface area contributed by atoms with Crippen molar-refractivity contribution in [1.29, 1.82) is 0 Å². The van der Waals surface area contributed by atoms with Gasteiger partial charge in [0.25, 0.3) is 0 Å². The van der Waals surface area contributed by atoms with Crippen LogP contribution in [0.1, 0.15) is 39.0 Å². The molecule has 0 aromatic carbocycles. The van der Waals surface area contributed by atoms with Crippen LogP contribution in [-0.2, 0) is 4.74 Å². The summed E-state index contributed by atoms with van der Waals surface area (Å²) in [5.41, 5.74) is 0. The molecule has 3 nitrogen and oxygen atoms in total. The lowest BCUT2D eigenvalue weighted by atomic mass is 10.0.